The molecular formula is C32H19AlN8O12S4-2. The molecule has 0 unspecified atom stereocenters. The van der Waals surface area contributed by atoms with Crippen molar-refractivity contribution in [3.05, 3.63) is 72.8 Å². The van der Waals surface area contributed by atoms with Crippen LogP contribution in [0.5, 0.6) is 0 Å². The number of nitrogens with zero attached hydrogens (tertiary/aromatic N) is 8. The molecule has 288 valence electrons. The Labute approximate surface area is 329 Å². The van der Waals surface area contributed by atoms with E-state index in [4.69, 9.17) is 0 Å². The molecule has 5 heterocycles. The van der Waals surface area contributed by atoms with Crippen LogP contribution in [-0.4, -0.2) is 99.1 Å². The highest BCUT2D eigenvalue weighted by molar-refractivity contribution is 7.86. The molecule has 0 saturated carbocycles. The molecule has 2 aliphatic heterocycles. The van der Waals surface area contributed by atoms with Crippen molar-refractivity contribution in [3.63, 3.8) is 0 Å². The maximum atomic E-state index is 12.2. The molecule has 8 bridgehead atoms. The first kappa shape index (κ1) is 38.3. The van der Waals surface area contributed by atoms with Crippen LogP contribution >= 0.6 is 0 Å². The molecule has 2 aliphatic rings. The van der Waals surface area contributed by atoms with Crippen LogP contribution in [0.2, 0.25) is 0 Å². The molecule has 0 spiro atoms. The Morgan fingerprint density at radius 2 is 0.632 bits per heavy atom. The van der Waals surface area contributed by atoms with Crippen LogP contribution in [0.25, 0.3) is 89.7 Å². The van der Waals surface area contributed by atoms with E-state index in [2.05, 4.69) is 39.9 Å². The minimum atomic E-state index is -4.75. The summed E-state index contributed by atoms with van der Waals surface area (Å²) in [5.74, 6) is -0.667. The first-order valence-electron chi connectivity index (χ1n) is 15.4. The minimum absolute atomic E-state index is 0. The fraction of sp³-hybridized carbons (Fsp3) is 0. The minimum Gasteiger partial charge on any atom is -0.357 e. The van der Waals surface area contributed by atoms with Gasteiger partial charge in [-0.2, -0.15) is 33.7 Å². The van der Waals surface area contributed by atoms with Gasteiger partial charge in [-0.3, -0.25) is 18.2 Å². The smallest absolute Gasteiger partial charge is 0.294 e. The normalized spacial score (nSPS) is 13.0. The number of fused-ring (bicyclic) bond motifs is 20. The maximum absolute atomic E-state index is 12.2. The van der Waals surface area contributed by atoms with Gasteiger partial charge in [-0.1, -0.05) is 24.3 Å². The molecule has 0 atom stereocenters. The predicted octanol–water partition coefficient (Wildman–Crippen LogP) is 1.93. The lowest BCUT2D eigenvalue weighted by Crippen LogP contribution is -1.98. The molecule has 4 N–H and O–H groups in total. The van der Waals surface area contributed by atoms with Gasteiger partial charge in [0.1, 0.15) is 0 Å². The molecule has 0 saturated heterocycles. The number of hydrogen-bond donors (Lipinski definition) is 4. The highest BCUT2D eigenvalue weighted by Crippen LogP contribution is 2.39. The summed E-state index contributed by atoms with van der Waals surface area (Å²) in [6, 6.07) is 13.7. The second kappa shape index (κ2) is 12.7. The number of rotatable bonds is 4. The van der Waals surface area contributed by atoms with E-state index in [0.29, 0.717) is 0 Å². The molecule has 0 amide bonds. The Kier molecular flexibility index (Phi) is 8.54. The lowest BCUT2D eigenvalue weighted by molar-refractivity contribution is 0.481. The fourth-order valence-corrected chi connectivity index (χ4v) is 8.25. The molecule has 3 aromatic heterocycles. The van der Waals surface area contributed by atoms with Crippen molar-refractivity contribution >= 4 is 102 Å². The third-order valence-corrected chi connectivity index (χ3v) is 12.2. The van der Waals surface area contributed by atoms with Gasteiger partial charge >= 0.3 is 0 Å². The number of benzene rings is 4. The van der Waals surface area contributed by atoms with E-state index in [1.54, 1.807) is 0 Å². The molecule has 4 aromatic carbocycles. The topological polar surface area (TPSA) is 323 Å². The summed E-state index contributed by atoms with van der Waals surface area (Å²) >= 11 is 0. The summed E-state index contributed by atoms with van der Waals surface area (Å²) in [5, 5.41) is 0.408. The molecular weight excluding hydrogens is 844 g/mol. The molecule has 25 heteroatoms. The second-order valence-corrected chi connectivity index (χ2v) is 17.9. The third kappa shape index (κ3) is 6.54. The zero-order chi connectivity index (χ0) is 39.7. The number of hydrogen-bond acceptors (Lipinski definition) is 14. The Balaban J connectivity index is 0.00000455. The van der Waals surface area contributed by atoms with Crippen molar-refractivity contribution in [2.45, 2.75) is 19.6 Å². The SMILES string of the molecule is O=S(=O)(O)c1ccc2c(c1)-c1nc-2nc2[n-]c(nc3nc(nc4[n-]c(n1)c1ccc(S(=O)(=O)O)cc41)-c1ccc(S(=O)(=O)O)cc1-3)c1ccc(S(=O)(=O)O)cc21.[AlH3]. The lowest BCUT2D eigenvalue weighted by Gasteiger charge is -2.04. The van der Waals surface area contributed by atoms with Crippen molar-refractivity contribution in [2.24, 2.45) is 0 Å². The van der Waals surface area contributed by atoms with Crippen LogP contribution in [0.4, 0.5) is 0 Å². The molecule has 20 nitrogen and oxygen atoms in total. The number of aromatic nitrogens is 8. The summed E-state index contributed by atoms with van der Waals surface area (Å²) in [6.07, 6.45) is 0. The van der Waals surface area contributed by atoms with E-state index in [-0.39, 0.29) is 107 Å². The first-order valence-corrected chi connectivity index (χ1v) is 21.2. The monoisotopic (exact) mass is 862 g/mol. The zero-order valence-corrected chi connectivity index (χ0v) is 30.5. The van der Waals surface area contributed by atoms with Gasteiger partial charge in [0, 0.05) is 44.8 Å². The Hall–Kier alpha value is -5.59. The molecule has 57 heavy (non-hydrogen) atoms. The molecule has 9 rings (SSSR count). The Bertz CT molecular complexity index is 3380. The van der Waals surface area contributed by atoms with Crippen LogP contribution in [0.1, 0.15) is 0 Å². The fourth-order valence-electron chi connectivity index (χ4n) is 6.22. The average Bonchev–Trinajstić information content (AvgIpc) is 3.84. The van der Waals surface area contributed by atoms with Crippen LogP contribution in [0, 0.1) is 0 Å². The third-order valence-electron chi connectivity index (χ3n) is 8.78. The van der Waals surface area contributed by atoms with Crippen LogP contribution in [-0.2, 0) is 40.5 Å². The van der Waals surface area contributed by atoms with Crippen molar-refractivity contribution in [3.8, 4) is 45.6 Å². The molecule has 0 fully saturated rings. The van der Waals surface area contributed by atoms with Gasteiger partial charge in [0.2, 0.25) is 0 Å². The summed E-state index contributed by atoms with van der Waals surface area (Å²) in [7, 11) is -19.0. The van der Waals surface area contributed by atoms with Gasteiger partial charge in [0.25, 0.3) is 40.5 Å². The van der Waals surface area contributed by atoms with Gasteiger partial charge in [-0.05, 0) is 70.1 Å². The van der Waals surface area contributed by atoms with E-state index >= 15 is 0 Å². The van der Waals surface area contributed by atoms with E-state index in [9.17, 15) is 51.9 Å². The van der Waals surface area contributed by atoms with Crippen molar-refractivity contribution < 1.29 is 51.9 Å². The summed E-state index contributed by atoms with van der Waals surface area (Å²) < 4.78 is 137. The van der Waals surface area contributed by atoms with Crippen LogP contribution in [0.3, 0.4) is 0 Å². The Morgan fingerprint density at radius 1 is 0.351 bits per heavy atom. The maximum Gasteiger partial charge on any atom is 0.294 e. The second-order valence-electron chi connectivity index (χ2n) is 12.2. The van der Waals surface area contributed by atoms with Gasteiger partial charge in [0.15, 0.2) is 17.4 Å². The van der Waals surface area contributed by atoms with E-state index in [1.807, 2.05) is 0 Å². The Morgan fingerprint density at radius 3 is 0.965 bits per heavy atom. The quantitative estimate of drug-likeness (QED) is 0.145. The van der Waals surface area contributed by atoms with Crippen molar-refractivity contribution in [2.75, 3.05) is 0 Å². The van der Waals surface area contributed by atoms with E-state index in [0.717, 1.165) is 48.5 Å². The highest BCUT2D eigenvalue weighted by atomic mass is 32.2. The van der Waals surface area contributed by atoms with Crippen LogP contribution < -0.4 is 9.97 Å². The van der Waals surface area contributed by atoms with Crippen LogP contribution in [0.15, 0.2) is 92.4 Å². The summed E-state index contributed by atoms with van der Waals surface area (Å²) in [6.45, 7) is 0. The van der Waals surface area contributed by atoms with E-state index in [1.165, 1.54) is 24.3 Å². The predicted molar refractivity (Wildman–Crippen MR) is 203 cm³/mol. The first-order chi connectivity index (χ1) is 26.2. The summed E-state index contributed by atoms with van der Waals surface area (Å²) in [4.78, 5) is 34.1. The molecule has 0 aliphatic carbocycles. The van der Waals surface area contributed by atoms with Crippen molar-refractivity contribution in [1.82, 2.24) is 39.9 Å². The lowest BCUT2D eigenvalue weighted by atomic mass is 10.1. The van der Waals surface area contributed by atoms with E-state index < -0.39 is 60.1 Å². The molecule has 0 radical (unpaired) electrons. The van der Waals surface area contributed by atoms with Gasteiger partial charge in [0.05, 0.1) is 42.9 Å². The van der Waals surface area contributed by atoms with Gasteiger partial charge in [-0.25, -0.2) is 9.97 Å². The van der Waals surface area contributed by atoms with Crippen molar-refractivity contribution in [1.29, 1.82) is 0 Å². The largest absolute Gasteiger partial charge is 0.357 e. The summed E-state index contributed by atoms with van der Waals surface area (Å²) in [5.41, 5.74) is -0.259. The molecule has 7 aromatic rings. The average molecular weight is 863 g/mol. The standard InChI is InChI=1S/C32H16N8O12S4.Al.3H/c41-53(42,43)13-1-5-17-21(9-13)29-33-25(17)37-30-22-10-14(54(44,45)46)2-6-18(22)27(34-30)39-32-24-12-16(56(50,51)52)4-8-20(24)28(36-32)40-31-23-11-15(55(47,48)49)3-7-19(23)26(35-31)38-29;;;;/h1-12H,(H4-2,33,34,35,36,37,38,39,40,41,42,43,44,45,46,47,48,49,50,51,52);;;;/q-2;;;;. The van der Waals surface area contributed by atoms with Gasteiger partial charge < -0.3 is 29.9 Å². The highest BCUT2D eigenvalue weighted by Gasteiger charge is 2.23. The van der Waals surface area contributed by atoms with Gasteiger partial charge in [-0.15, -0.1) is 0 Å². The zero-order valence-electron chi connectivity index (χ0n) is 27.2.